The van der Waals surface area contributed by atoms with E-state index in [2.05, 4.69) is 66.8 Å². The standard InChI is InChI=1S/C30H29NO3/c1-20(25-12-7-9-21-8-3-4-10-26(21)25)31-19-24-18-28(27-11-5-6-13-29(27)34-24)22-14-16-23(17-15-22)30(32)33-2/h3-17,20,24,28,31H,18-19H2,1-2H3/t20-,24-,28+/m1/s1. The molecule has 1 N–H and O–H groups in total. The first-order valence-electron chi connectivity index (χ1n) is 11.8. The Bertz CT molecular complexity index is 1290. The van der Waals surface area contributed by atoms with Gasteiger partial charge in [-0.2, -0.15) is 0 Å². The number of nitrogens with one attached hydrogen (secondary N) is 1. The van der Waals surface area contributed by atoms with Gasteiger partial charge < -0.3 is 14.8 Å². The molecule has 0 aromatic heterocycles. The lowest BCUT2D eigenvalue weighted by Gasteiger charge is -2.33. The van der Waals surface area contributed by atoms with Crippen LogP contribution in [0.4, 0.5) is 0 Å². The maximum atomic E-state index is 11.8. The van der Waals surface area contributed by atoms with Crippen molar-refractivity contribution in [3.05, 3.63) is 113 Å². The summed E-state index contributed by atoms with van der Waals surface area (Å²) in [6.45, 7) is 2.96. The molecule has 0 radical (unpaired) electrons. The average molecular weight is 452 g/mol. The highest BCUT2D eigenvalue weighted by Gasteiger charge is 2.29. The molecule has 0 aliphatic carbocycles. The van der Waals surface area contributed by atoms with Gasteiger partial charge in [-0.05, 0) is 53.4 Å². The van der Waals surface area contributed by atoms with E-state index in [4.69, 9.17) is 9.47 Å². The second-order valence-corrected chi connectivity index (χ2v) is 8.88. The van der Waals surface area contributed by atoms with Crippen LogP contribution >= 0.6 is 0 Å². The molecule has 172 valence electrons. The highest BCUT2D eigenvalue weighted by Crippen LogP contribution is 2.40. The Hall–Kier alpha value is -3.63. The number of carbonyl (C=O) groups is 1. The molecule has 4 nitrogen and oxygen atoms in total. The van der Waals surface area contributed by atoms with Crippen LogP contribution in [0, 0.1) is 0 Å². The molecule has 0 fully saturated rings. The lowest BCUT2D eigenvalue weighted by Crippen LogP contribution is -2.37. The van der Waals surface area contributed by atoms with E-state index in [0.29, 0.717) is 5.56 Å². The first kappa shape index (κ1) is 22.2. The number of esters is 1. The predicted octanol–water partition coefficient (Wildman–Crippen LogP) is 6.26. The van der Waals surface area contributed by atoms with Crippen LogP contribution in [0.15, 0.2) is 91.0 Å². The number of rotatable bonds is 6. The van der Waals surface area contributed by atoms with Crippen molar-refractivity contribution in [1.29, 1.82) is 0 Å². The summed E-state index contributed by atoms with van der Waals surface area (Å²) < 4.78 is 11.2. The molecule has 34 heavy (non-hydrogen) atoms. The minimum absolute atomic E-state index is 0.0395. The third-order valence-electron chi connectivity index (χ3n) is 6.76. The van der Waals surface area contributed by atoms with Crippen LogP contribution in [0.1, 0.15) is 52.4 Å². The van der Waals surface area contributed by atoms with Gasteiger partial charge in [-0.3, -0.25) is 0 Å². The summed E-state index contributed by atoms with van der Waals surface area (Å²) in [5.74, 6) is 0.820. The van der Waals surface area contributed by atoms with Crippen LogP contribution in [0.25, 0.3) is 10.8 Å². The van der Waals surface area contributed by atoms with E-state index in [9.17, 15) is 4.79 Å². The third kappa shape index (κ3) is 4.42. The Labute approximate surface area is 200 Å². The maximum absolute atomic E-state index is 11.8. The largest absolute Gasteiger partial charge is 0.489 e. The topological polar surface area (TPSA) is 47.6 Å². The zero-order valence-electron chi connectivity index (χ0n) is 19.5. The first-order chi connectivity index (χ1) is 16.6. The van der Waals surface area contributed by atoms with Crippen molar-refractivity contribution in [3.63, 3.8) is 0 Å². The summed E-state index contributed by atoms with van der Waals surface area (Å²) >= 11 is 0. The summed E-state index contributed by atoms with van der Waals surface area (Å²) in [7, 11) is 1.40. The third-order valence-corrected chi connectivity index (χ3v) is 6.76. The Balaban J connectivity index is 1.35. The fraction of sp³-hybridized carbons (Fsp3) is 0.233. The quantitative estimate of drug-likeness (QED) is 0.352. The van der Waals surface area contributed by atoms with Crippen molar-refractivity contribution >= 4 is 16.7 Å². The van der Waals surface area contributed by atoms with Gasteiger partial charge in [0.2, 0.25) is 0 Å². The highest BCUT2D eigenvalue weighted by atomic mass is 16.5. The summed E-state index contributed by atoms with van der Waals surface area (Å²) in [5, 5.41) is 6.25. The molecule has 0 unspecified atom stereocenters. The first-order valence-corrected chi connectivity index (χ1v) is 11.8. The van der Waals surface area contributed by atoms with Crippen LogP contribution in [0.5, 0.6) is 5.75 Å². The Morgan fingerprint density at radius 1 is 0.971 bits per heavy atom. The number of hydrogen-bond donors (Lipinski definition) is 1. The minimum Gasteiger partial charge on any atom is -0.489 e. The van der Waals surface area contributed by atoms with Gasteiger partial charge in [0, 0.05) is 24.1 Å². The van der Waals surface area contributed by atoms with Crippen LogP contribution in [0.2, 0.25) is 0 Å². The molecule has 4 aromatic carbocycles. The van der Waals surface area contributed by atoms with Crippen molar-refractivity contribution in [2.24, 2.45) is 0 Å². The Morgan fingerprint density at radius 2 is 1.71 bits per heavy atom. The molecule has 0 saturated carbocycles. The van der Waals surface area contributed by atoms with Crippen molar-refractivity contribution in [3.8, 4) is 5.75 Å². The monoisotopic (exact) mass is 451 g/mol. The van der Waals surface area contributed by atoms with Gasteiger partial charge in [0.25, 0.3) is 0 Å². The number of para-hydroxylation sites is 1. The molecule has 0 saturated heterocycles. The minimum atomic E-state index is -0.316. The predicted molar refractivity (Wildman–Crippen MR) is 135 cm³/mol. The maximum Gasteiger partial charge on any atom is 0.337 e. The molecule has 5 rings (SSSR count). The molecular weight excluding hydrogens is 422 g/mol. The molecule has 0 bridgehead atoms. The van der Waals surface area contributed by atoms with Gasteiger partial charge in [-0.15, -0.1) is 0 Å². The molecular formula is C30H29NO3. The van der Waals surface area contributed by atoms with Gasteiger partial charge >= 0.3 is 5.97 Å². The van der Waals surface area contributed by atoms with E-state index in [1.165, 1.54) is 34.6 Å². The Morgan fingerprint density at radius 3 is 2.53 bits per heavy atom. The zero-order chi connectivity index (χ0) is 23.5. The fourth-order valence-corrected chi connectivity index (χ4v) is 4.95. The molecule has 1 aliphatic rings. The van der Waals surface area contributed by atoms with Gasteiger partial charge in [0.05, 0.1) is 12.7 Å². The van der Waals surface area contributed by atoms with Crippen LogP contribution in [-0.2, 0) is 4.74 Å². The van der Waals surface area contributed by atoms with E-state index in [1.54, 1.807) is 0 Å². The van der Waals surface area contributed by atoms with Crippen molar-refractivity contribution < 1.29 is 14.3 Å². The number of hydrogen-bond acceptors (Lipinski definition) is 4. The van der Waals surface area contributed by atoms with Crippen molar-refractivity contribution in [2.45, 2.75) is 31.4 Å². The molecule has 4 heteroatoms. The summed E-state index contributed by atoms with van der Waals surface area (Å²) in [6.07, 6.45) is 0.904. The highest BCUT2D eigenvalue weighted by molar-refractivity contribution is 5.89. The summed E-state index contributed by atoms with van der Waals surface area (Å²) in [6, 6.07) is 31.2. The summed E-state index contributed by atoms with van der Waals surface area (Å²) in [5.41, 5.74) is 4.22. The van der Waals surface area contributed by atoms with E-state index in [1.807, 2.05) is 36.4 Å². The second kappa shape index (κ2) is 9.70. The van der Waals surface area contributed by atoms with E-state index >= 15 is 0 Å². The SMILES string of the molecule is COC(=O)c1ccc([C@@H]2C[C@H](CN[C@H](C)c3cccc4ccccc34)Oc3ccccc32)cc1. The normalized spacial score (nSPS) is 18.1. The smallest absolute Gasteiger partial charge is 0.337 e. The number of methoxy groups -OCH3 is 1. The lowest BCUT2D eigenvalue weighted by atomic mass is 9.84. The van der Waals surface area contributed by atoms with Gasteiger partial charge in [0.15, 0.2) is 0 Å². The molecule has 1 aliphatic heterocycles. The molecule has 0 spiro atoms. The van der Waals surface area contributed by atoms with Crippen molar-refractivity contribution in [1.82, 2.24) is 5.32 Å². The van der Waals surface area contributed by atoms with Gasteiger partial charge in [-0.25, -0.2) is 4.79 Å². The van der Waals surface area contributed by atoms with E-state index in [-0.39, 0.29) is 24.0 Å². The zero-order valence-corrected chi connectivity index (χ0v) is 19.5. The molecule has 4 aromatic rings. The average Bonchev–Trinajstić information content (AvgIpc) is 2.90. The fourth-order valence-electron chi connectivity index (χ4n) is 4.95. The summed E-state index contributed by atoms with van der Waals surface area (Å²) in [4.78, 5) is 11.8. The number of carbonyl (C=O) groups excluding carboxylic acids is 1. The molecule has 0 amide bonds. The van der Waals surface area contributed by atoms with Crippen molar-refractivity contribution in [2.75, 3.05) is 13.7 Å². The molecule has 1 heterocycles. The lowest BCUT2D eigenvalue weighted by molar-refractivity contribution is 0.0600. The van der Waals surface area contributed by atoms with Crippen LogP contribution in [-0.4, -0.2) is 25.7 Å². The Kier molecular flexibility index (Phi) is 6.33. The number of fused-ring (bicyclic) bond motifs is 2. The van der Waals surface area contributed by atoms with Crippen LogP contribution in [0.3, 0.4) is 0 Å². The van der Waals surface area contributed by atoms with E-state index in [0.717, 1.165) is 18.7 Å². The second-order valence-electron chi connectivity index (χ2n) is 8.88. The number of benzene rings is 4. The van der Waals surface area contributed by atoms with Crippen LogP contribution < -0.4 is 10.1 Å². The van der Waals surface area contributed by atoms with E-state index < -0.39 is 0 Å². The van der Waals surface area contributed by atoms with Gasteiger partial charge in [-0.1, -0.05) is 72.8 Å². The van der Waals surface area contributed by atoms with Gasteiger partial charge in [0.1, 0.15) is 11.9 Å². The molecule has 3 atom stereocenters. The number of ether oxygens (including phenoxy) is 2.